The number of nitrogens with one attached hydrogen (secondary N) is 1. The van der Waals surface area contributed by atoms with Crippen molar-refractivity contribution in [2.75, 3.05) is 25.0 Å². The number of carbonyl (C=O) groups is 1. The second kappa shape index (κ2) is 8.91. The molecule has 2 aliphatic heterocycles. The summed E-state index contributed by atoms with van der Waals surface area (Å²) in [7, 11) is 1.65. The topological polar surface area (TPSA) is 98.1 Å². The van der Waals surface area contributed by atoms with Crippen molar-refractivity contribution in [3.63, 3.8) is 0 Å². The van der Waals surface area contributed by atoms with Crippen LogP contribution in [0.5, 0.6) is 0 Å². The number of benzene rings is 1. The number of rotatable bonds is 3. The molecule has 1 spiro atoms. The van der Waals surface area contributed by atoms with Gasteiger partial charge in [-0.3, -0.25) is 10.3 Å². The van der Waals surface area contributed by atoms with Gasteiger partial charge in [-0.05, 0) is 53.5 Å². The summed E-state index contributed by atoms with van der Waals surface area (Å²) in [6.07, 6.45) is -1.30. The third-order valence-corrected chi connectivity index (χ3v) is 6.75. The molecule has 0 bridgehead atoms. The average molecular weight is 487 g/mol. The third-order valence-electron chi connectivity index (χ3n) is 6.75. The van der Waals surface area contributed by atoms with Gasteiger partial charge in [-0.15, -0.1) is 0 Å². The van der Waals surface area contributed by atoms with E-state index in [1.807, 2.05) is 24.3 Å². The molecule has 2 aromatic heterocycles. The van der Waals surface area contributed by atoms with E-state index in [2.05, 4.69) is 25.8 Å². The van der Waals surface area contributed by atoms with Gasteiger partial charge < -0.3 is 9.64 Å². The van der Waals surface area contributed by atoms with E-state index >= 15 is 0 Å². The van der Waals surface area contributed by atoms with Gasteiger partial charge in [-0.25, -0.2) is 9.48 Å². The summed E-state index contributed by atoms with van der Waals surface area (Å²) in [5, 5.41) is 13.7. The summed E-state index contributed by atoms with van der Waals surface area (Å²) in [5.74, 6) is 0.448. The van der Waals surface area contributed by atoms with Gasteiger partial charge >= 0.3 is 12.2 Å². The smallest absolute Gasteiger partial charge is 0.374 e. The highest BCUT2D eigenvalue weighted by Gasteiger charge is 2.44. The third kappa shape index (κ3) is 4.83. The molecule has 2 aliphatic rings. The Morgan fingerprint density at radius 2 is 2.00 bits per heavy atom. The van der Waals surface area contributed by atoms with E-state index in [-0.39, 0.29) is 23.5 Å². The molecule has 0 saturated carbocycles. The van der Waals surface area contributed by atoms with Crippen molar-refractivity contribution in [1.29, 1.82) is 0 Å². The first-order chi connectivity index (χ1) is 16.7. The SMILES string of the molecule is Cn1nnnc1NC(=O)N1CCC2(CC1)CC(c1cccc(-c3ccc(C(F)(F)F)cn3)c1)CO2. The maximum atomic E-state index is 12.8. The number of tetrazole rings is 1. The molecular formula is C23H24F3N7O2. The molecule has 2 fully saturated rings. The lowest BCUT2D eigenvalue weighted by atomic mass is 9.83. The van der Waals surface area contributed by atoms with Crippen LogP contribution >= 0.6 is 0 Å². The normalized spacial score (nSPS) is 19.8. The minimum atomic E-state index is -4.41. The summed E-state index contributed by atoms with van der Waals surface area (Å²) < 4.78 is 46.2. The molecule has 0 radical (unpaired) electrons. The predicted molar refractivity (Wildman–Crippen MR) is 119 cm³/mol. The molecule has 2 amide bonds. The van der Waals surface area contributed by atoms with Gasteiger partial charge in [0.05, 0.1) is 23.5 Å². The minimum Gasteiger partial charge on any atom is -0.374 e. The maximum Gasteiger partial charge on any atom is 0.417 e. The number of hydrogen-bond donors (Lipinski definition) is 1. The molecule has 2 saturated heterocycles. The Balaban J connectivity index is 1.21. The highest BCUT2D eigenvalue weighted by molar-refractivity contribution is 5.87. The van der Waals surface area contributed by atoms with Crippen LogP contribution in [0.15, 0.2) is 42.6 Å². The molecule has 35 heavy (non-hydrogen) atoms. The summed E-state index contributed by atoms with van der Waals surface area (Å²) in [5.41, 5.74) is 1.26. The second-order valence-electron chi connectivity index (χ2n) is 8.99. The van der Waals surface area contributed by atoms with Crippen molar-refractivity contribution in [1.82, 2.24) is 30.1 Å². The molecule has 12 heteroatoms. The number of ether oxygens (including phenoxy) is 1. The minimum absolute atomic E-state index is 0.162. The number of aromatic nitrogens is 5. The molecule has 1 N–H and O–H groups in total. The Bertz CT molecular complexity index is 1200. The van der Waals surface area contributed by atoms with Crippen molar-refractivity contribution < 1.29 is 22.7 Å². The number of pyridine rings is 1. The van der Waals surface area contributed by atoms with E-state index in [1.54, 1.807) is 11.9 Å². The summed E-state index contributed by atoms with van der Waals surface area (Å²) in [4.78, 5) is 18.3. The Morgan fingerprint density at radius 1 is 1.20 bits per heavy atom. The second-order valence-corrected chi connectivity index (χ2v) is 8.99. The van der Waals surface area contributed by atoms with Crippen LogP contribution in [0.4, 0.5) is 23.9 Å². The largest absolute Gasteiger partial charge is 0.417 e. The highest BCUT2D eigenvalue weighted by Crippen LogP contribution is 2.43. The number of alkyl halides is 3. The van der Waals surface area contributed by atoms with Gasteiger partial charge in [0.25, 0.3) is 5.95 Å². The molecule has 1 atom stereocenters. The number of amides is 2. The number of aryl methyl sites for hydroxylation is 1. The first-order valence-corrected chi connectivity index (χ1v) is 11.3. The lowest BCUT2D eigenvalue weighted by Gasteiger charge is -2.38. The lowest BCUT2D eigenvalue weighted by molar-refractivity contribution is -0.137. The number of carbonyl (C=O) groups excluding carboxylic acids is 1. The van der Waals surface area contributed by atoms with Crippen molar-refractivity contribution in [3.05, 3.63) is 53.7 Å². The number of likely N-dealkylation sites (tertiary alicyclic amines) is 1. The van der Waals surface area contributed by atoms with Crippen LogP contribution in [0.1, 0.15) is 36.3 Å². The van der Waals surface area contributed by atoms with E-state index in [4.69, 9.17) is 4.74 Å². The first-order valence-electron chi connectivity index (χ1n) is 11.3. The van der Waals surface area contributed by atoms with E-state index in [0.717, 1.165) is 29.8 Å². The van der Waals surface area contributed by atoms with Crippen LogP contribution in [0, 0.1) is 0 Å². The molecule has 9 nitrogen and oxygen atoms in total. The quantitative estimate of drug-likeness (QED) is 0.603. The van der Waals surface area contributed by atoms with E-state index in [1.165, 1.54) is 10.7 Å². The van der Waals surface area contributed by atoms with Gasteiger partial charge in [-0.2, -0.15) is 13.2 Å². The van der Waals surface area contributed by atoms with Crippen LogP contribution in [-0.4, -0.2) is 61.4 Å². The number of urea groups is 1. The molecule has 4 heterocycles. The van der Waals surface area contributed by atoms with Gasteiger partial charge in [-0.1, -0.05) is 23.3 Å². The van der Waals surface area contributed by atoms with E-state index in [9.17, 15) is 18.0 Å². The van der Waals surface area contributed by atoms with Crippen molar-refractivity contribution >= 4 is 12.0 Å². The fourth-order valence-corrected chi connectivity index (χ4v) is 4.72. The summed E-state index contributed by atoms with van der Waals surface area (Å²) in [6.45, 7) is 1.67. The molecule has 1 aromatic carbocycles. The summed E-state index contributed by atoms with van der Waals surface area (Å²) >= 11 is 0. The number of piperidine rings is 1. The summed E-state index contributed by atoms with van der Waals surface area (Å²) in [6, 6.07) is 9.92. The molecule has 5 rings (SSSR count). The van der Waals surface area contributed by atoms with Crippen LogP contribution in [0.3, 0.4) is 0 Å². The Morgan fingerprint density at radius 3 is 2.66 bits per heavy atom. The van der Waals surface area contributed by atoms with Crippen LogP contribution < -0.4 is 5.32 Å². The van der Waals surface area contributed by atoms with Crippen LogP contribution in [0.25, 0.3) is 11.3 Å². The molecule has 184 valence electrons. The molecular weight excluding hydrogens is 463 g/mol. The van der Waals surface area contributed by atoms with Crippen LogP contribution in [0.2, 0.25) is 0 Å². The Hall–Kier alpha value is -3.54. The highest BCUT2D eigenvalue weighted by atomic mass is 19.4. The monoisotopic (exact) mass is 487 g/mol. The Kier molecular flexibility index (Phi) is 5.91. The van der Waals surface area contributed by atoms with E-state index in [0.29, 0.717) is 38.2 Å². The van der Waals surface area contributed by atoms with E-state index < -0.39 is 11.7 Å². The first kappa shape index (κ1) is 23.2. The van der Waals surface area contributed by atoms with Crippen molar-refractivity contribution in [3.8, 4) is 11.3 Å². The fourth-order valence-electron chi connectivity index (χ4n) is 4.72. The van der Waals surface area contributed by atoms with Crippen molar-refractivity contribution in [2.24, 2.45) is 7.05 Å². The average Bonchev–Trinajstić information content (AvgIpc) is 3.45. The van der Waals surface area contributed by atoms with Crippen LogP contribution in [-0.2, 0) is 18.0 Å². The zero-order chi connectivity index (χ0) is 24.6. The Labute approximate surface area is 199 Å². The maximum absolute atomic E-state index is 12.8. The number of anilines is 1. The van der Waals surface area contributed by atoms with Gasteiger partial charge in [0.2, 0.25) is 0 Å². The zero-order valence-electron chi connectivity index (χ0n) is 19.0. The van der Waals surface area contributed by atoms with Gasteiger partial charge in [0, 0.05) is 37.8 Å². The number of halogens is 3. The number of hydrogen-bond acceptors (Lipinski definition) is 6. The number of nitrogens with zero attached hydrogens (tertiary/aromatic N) is 6. The fraction of sp³-hybridized carbons (Fsp3) is 0.435. The van der Waals surface area contributed by atoms with Crippen molar-refractivity contribution in [2.45, 2.75) is 37.0 Å². The molecule has 1 unspecified atom stereocenters. The lowest BCUT2D eigenvalue weighted by Crippen LogP contribution is -2.48. The molecule has 0 aliphatic carbocycles. The van der Waals surface area contributed by atoms with Gasteiger partial charge in [0.15, 0.2) is 0 Å². The zero-order valence-corrected chi connectivity index (χ0v) is 19.0. The van der Waals surface area contributed by atoms with Gasteiger partial charge in [0.1, 0.15) is 0 Å². The molecule has 3 aromatic rings. The predicted octanol–water partition coefficient (Wildman–Crippen LogP) is 3.86. The standard InChI is InChI=1S/C23H24F3N7O2/c1-32-20(29-30-31-32)28-21(34)33-9-7-22(8-10-33)12-17(14-35-22)15-3-2-4-16(11-15)19-6-5-18(13-27-19)23(24,25)26/h2-6,11,13,17H,7-10,12,14H2,1H3,(H,28,29,31,34).